The number of carbonyl (C=O) groups excluding carboxylic acids is 1. The number of methoxy groups -OCH3 is 1. The van der Waals surface area contributed by atoms with Crippen molar-refractivity contribution in [2.24, 2.45) is 0 Å². The standard InChI is InChI=1S/C18H18Cl2N2O3/c1-24-10-11-25-18-14(5-3-9-21-18)12-22-16(23)8-7-13-4-2-6-15(19)17(13)20/h2-9H,10-12H2,1H3,(H,22,23)/b8-7+. The molecule has 1 aromatic carbocycles. The third-order valence-corrected chi connectivity index (χ3v) is 4.06. The number of nitrogens with one attached hydrogen (secondary N) is 1. The number of rotatable bonds is 8. The topological polar surface area (TPSA) is 60.5 Å². The summed E-state index contributed by atoms with van der Waals surface area (Å²) in [6, 6.07) is 8.86. The number of carbonyl (C=O) groups is 1. The summed E-state index contributed by atoms with van der Waals surface area (Å²) in [6.45, 7) is 1.15. The molecule has 0 saturated carbocycles. The fraction of sp³-hybridized carbons (Fsp3) is 0.222. The third kappa shape index (κ3) is 6.05. The molecule has 0 saturated heterocycles. The van der Waals surface area contributed by atoms with E-state index in [1.165, 1.54) is 6.08 Å². The van der Waals surface area contributed by atoms with E-state index in [1.807, 2.05) is 6.07 Å². The predicted molar refractivity (Wildman–Crippen MR) is 99.0 cm³/mol. The van der Waals surface area contributed by atoms with Crippen LogP contribution in [0, 0.1) is 0 Å². The summed E-state index contributed by atoms with van der Waals surface area (Å²) in [4.78, 5) is 16.2. The molecule has 1 amide bonds. The van der Waals surface area contributed by atoms with Crippen molar-refractivity contribution in [1.29, 1.82) is 0 Å². The van der Waals surface area contributed by atoms with Crippen molar-refractivity contribution in [3.63, 3.8) is 0 Å². The van der Waals surface area contributed by atoms with Crippen molar-refractivity contribution in [3.05, 3.63) is 63.8 Å². The van der Waals surface area contributed by atoms with Gasteiger partial charge >= 0.3 is 0 Å². The van der Waals surface area contributed by atoms with Gasteiger partial charge in [0, 0.05) is 31.5 Å². The van der Waals surface area contributed by atoms with Gasteiger partial charge in [-0.2, -0.15) is 0 Å². The lowest BCUT2D eigenvalue weighted by Gasteiger charge is -2.10. The van der Waals surface area contributed by atoms with Gasteiger partial charge in [0.2, 0.25) is 11.8 Å². The SMILES string of the molecule is COCCOc1ncccc1CNC(=O)/C=C/c1cccc(Cl)c1Cl. The van der Waals surface area contributed by atoms with E-state index >= 15 is 0 Å². The molecule has 0 bridgehead atoms. The van der Waals surface area contributed by atoms with E-state index in [0.29, 0.717) is 41.2 Å². The minimum Gasteiger partial charge on any atom is -0.475 e. The van der Waals surface area contributed by atoms with Crippen LogP contribution in [0.1, 0.15) is 11.1 Å². The van der Waals surface area contributed by atoms with Gasteiger partial charge in [-0.3, -0.25) is 4.79 Å². The van der Waals surface area contributed by atoms with E-state index in [1.54, 1.807) is 43.6 Å². The van der Waals surface area contributed by atoms with Crippen LogP contribution in [0.4, 0.5) is 0 Å². The van der Waals surface area contributed by atoms with Crippen LogP contribution in [0.3, 0.4) is 0 Å². The minimum atomic E-state index is -0.261. The molecule has 0 radical (unpaired) electrons. The lowest BCUT2D eigenvalue weighted by Crippen LogP contribution is -2.21. The molecule has 132 valence electrons. The molecule has 1 heterocycles. The Morgan fingerprint density at radius 3 is 2.88 bits per heavy atom. The smallest absolute Gasteiger partial charge is 0.244 e. The molecule has 0 aliphatic carbocycles. The second kappa shape index (κ2) is 10.0. The first-order chi connectivity index (χ1) is 12.1. The summed E-state index contributed by atoms with van der Waals surface area (Å²) < 4.78 is 10.5. The fourth-order valence-corrected chi connectivity index (χ4v) is 2.34. The summed E-state index contributed by atoms with van der Waals surface area (Å²) in [5.74, 6) is 0.212. The van der Waals surface area contributed by atoms with E-state index < -0.39 is 0 Å². The van der Waals surface area contributed by atoms with Crippen molar-refractivity contribution in [2.75, 3.05) is 20.3 Å². The van der Waals surface area contributed by atoms with Gasteiger partial charge in [-0.1, -0.05) is 41.4 Å². The van der Waals surface area contributed by atoms with Crippen LogP contribution >= 0.6 is 23.2 Å². The monoisotopic (exact) mass is 380 g/mol. The average Bonchev–Trinajstić information content (AvgIpc) is 2.62. The Morgan fingerprint density at radius 2 is 2.08 bits per heavy atom. The molecule has 0 aliphatic rings. The van der Waals surface area contributed by atoms with Crippen LogP contribution in [0.15, 0.2) is 42.6 Å². The number of benzene rings is 1. The van der Waals surface area contributed by atoms with Gasteiger partial charge in [0.1, 0.15) is 6.61 Å². The van der Waals surface area contributed by atoms with E-state index in [-0.39, 0.29) is 5.91 Å². The van der Waals surface area contributed by atoms with Crippen LogP contribution < -0.4 is 10.1 Å². The predicted octanol–water partition coefficient (Wildman–Crippen LogP) is 3.74. The first kappa shape index (κ1) is 19.2. The molecule has 0 spiro atoms. The van der Waals surface area contributed by atoms with Crippen molar-refractivity contribution in [3.8, 4) is 5.88 Å². The number of ether oxygens (including phenoxy) is 2. The van der Waals surface area contributed by atoms with Crippen LogP contribution in [-0.4, -0.2) is 31.2 Å². The molecule has 2 rings (SSSR count). The van der Waals surface area contributed by atoms with Crippen molar-refractivity contribution >= 4 is 35.2 Å². The second-order valence-corrected chi connectivity index (χ2v) is 5.79. The highest BCUT2D eigenvalue weighted by Crippen LogP contribution is 2.26. The highest BCUT2D eigenvalue weighted by molar-refractivity contribution is 6.42. The molecular formula is C18H18Cl2N2O3. The van der Waals surface area contributed by atoms with E-state index in [9.17, 15) is 4.79 Å². The number of hydrogen-bond acceptors (Lipinski definition) is 4. The first-order valence-corrected chi connectivity index (χ1v) is 8.33. The Bertz CT molecular complexity index is 751. The summed E-state index contributed by atoms with van der Waals surface area (Å²) in [5, 5.41) is 3.63. The maximum absolute atomic E-state index is 12.0. The summed E-state index contributed by atoms with van der Waals surface area (Å²) in [6.07, 6.45) is 4.65. The zero-order valence-electron chi connectivity index (χ0n) is 13.7. The highest BCUT2D eigenvalue weighted by Gasteiger charge is 2.06. The number of halogens is 2. The van der Waals surface area contributed by atoms with Gasteiger partial charge in [-0.15, -0.1) is 0 Å². The fourth-order valence-electron chi connectivity index (χ4n) is 1.97. The summed E-state index contributed by atoms with van der Waals surface area (Å²) in [7, 11) is 1.60. The molecule has 2 aromatic rings. The molecule has 1 aromatic heterocycles. The van der Waals surface area contributed by atoms with Crippen LogP contribution in [0.25, 0.3) is 6.08 Å². The number of amides is 1. The molecule has 7 heteroatoms. The van der Waals surface area contributed by atoms with Crippen LogP contribution in [0.5, 0.6) is 5.88 Å². The molecule has 0 unspecified atom stereocenters. The quantitative estimate of drug-likeness (QED) is 0.559. The Balaban J connectivity index is 1.94. The number of nitrogens with zero attached hydrogens (tertiary/aromatic N) is 1. The molecule has 0 atom stereocenters. The van der Waals surface area contributed by atoms with E-state index in [4.69, 9.17) is 32.7 Å². The van der Waals surface area contributed by atoms with Gasteiger partial charge < -0.3 is 14.8 Å². The van der Waals surface area contributed by atoms with E-state index in [2.05, 4.69) is 10.3 Å². The zero-order valence-corrected chi connectivity index (χ0v) is 15.2. The Kier molecular flexibility index (Phi) is 7.73. The largest absolute Gasteiger partial charge is 0.475 e. The van der Waals surface area contributed by atoms with Crippen molar-refractivity contribution in [2.45, 2.75) is 6.54 Å². The third-order valence-electron chi connectivity index (χ3n) is 3.23. The lowest BCUT2D eigenvalue weighted by molar-refractivity contribution is -0.116. The molecule has 0 aliphatic heterocycles. The Hall–Kier alpha value is -2.08. The minimum absolute atomic E-state index is 0.261. The van der Waals surface area contributed by atoms with Gasteiger partial charge in [0.15, 0.2) is 0 Å². The number of aromatic nitrogens is 1. The first-order valence-electron chi connectivity index (χ1n) is 7.57. The van der Waals surface area contributed by atoms with Gasteiger partial charge in [0.25, 0.3) is 0 Å². The zero-order chi connectivity index (χ0) is 18.1. The van der Waals surface area contributed by atoms with Gasteiger partial charge in [-0.05, 0) is 23.8 Å². The summed E-state index contributed by atoms with van der Waals surface area (Å²) >= 11 is 12.0. The Labute approximate surface area is 156 Å². The molecule has 0 fully saturated rings. The van der Waals surface area contributed by atoms with Crippen molar-refractivity contribution in [1.82, 2.24) is 10.3 Å². The maximum atomic E-state index is 12.0. The molecule has 1 N–H and O–H groups in total. The van der Waals surface area contributed by atoms with Crippen LogP contribution in [0.2, 0.25) is 10.0 Å². The Morgan fingerprint density at radius 1 is 1.24 bits per heavy atom. The maximum Gasteiger partial charge on any atom is 0.244 e. The summed E-state index contributed by atoms with van der Waals surface area (Å²) in [5.41, 5.74) is 1.45. The van der Waals surface area contributed by atoms with Crippen LogP contribution in [-0.2, 0) is 16.1 Å². The average molecular weight is 381 g/mol. The molecular weight excluding hydrogens is 363 g/mol. The number of pyridine rings is 1. The van der Waals surface area contributed by atoms with E-state index in [0.717, 1.165) is 5.56 Å². The molecule has 5 nitrogen and oxygen atoms in total. The second-order valence-electron chi connectivity index (χ2n) is 5.00. The van der Waals surface area contributed by atoms with Gasteiger partial charge in [0.05, 0.1) is 16.7 Å². The lowest BCUT2D eigenvalue weighted by atomic mass is 10.2. The normalized spacial score (nSPS) is 10.8. The van der Waals surface area contributed by atoms with Gasteiger partial charge in [-0.25, -0.2) is 4.98 Å². The highest BCUT2D eigenvalue weighted by atomic mass is 35.5. The van der Waals surface area contributed by atoms with Crippen molar-refractivity contribution < 1.29 is 14.3 Å². The number of hydrogen-bond donors (Lipinski definition) is 1. The molecule has 25 heavy (non-hydrogen) atoms.